The molecule has 0 saturated carbocycles. The van der Waals surface area contributed by atoms with Crippen LogP contribution in [0.3, 0.4) is 0 Å². The van der Waals surface area contributed by atoms with Gasteiger partial charge in [0.15, 0.2) is 0 Å². The van der Waals surface area contributed by atoms with Gasteiger partial charge >= 0.3 is 0 Å². The van der Waals surface area contributed by atoms with E-state index in [0.29, 0.717) is 5.92 Å². The molecule has 0 saturated heterocycles. The maximum atomic E-state index is 5.62. The summed E-state index contributed by atoms with van der Waals surface area (Å²) >= 11 is 2.31. The van der Waals surface area contributed by atoms with E-state index >= 15 is 0 Å². The smallest absolute Gasteiger partial charge is 0.0662 e. The van der Waals surface area contributed by atoms with Gasteiger partial charge in [-0.1, -0.05) is 26.0 Å². The molecule has 2 rings (SSSR count). The zero-order valence-corrected chi connectivity index (χ0v) is 14.2. The van der Waals surface area contributed by atoms with E-state index in [2.05, 4.69) is 72.0 Å². The molecule has 1 heterocycles. The van der Waals surface area contributed by atoms with Crippen LogP contribution >= 0.6 is 22.6 Å². The predicted octanol–water partition coefficient (Wildman–Crippen LogP) is 4.22. The van der Waals surface area contributed by atoms with Gasteiger partial charge in [-0.25, -0.2) is 0 Å². The summed E-state index contributed by atoms with van der Waals surface area (Å²) in [6, 6.07) is 8.48. The fraction of sp³-hybridized carbons (Fsp3) is 0.438. The molecule has 0 N–H and O–H groups in total. The van der Waals surface area contributed by atoms with Crippen molar-refractivity contribution in [1.82, 2.24) is 9.78 Å². The number of benzene rings is 1. The van der Waals surface area contributed by atoms with Gasteiger partial charge in [0.25, 0.3) is 0 Å². The molecule has 0 amide bonds. The summed E-state index contributed by atoms with van der Waals surface area (Å²) in [7, 11) is 0. The largest absolute Gasteiger partial charge is 0.380 e. The van der Waals surface area contributed by atoms with Crippen LogP contribution in [0.2, 0.25) is 0 Å². The third kappa shape index (κ3) is 4.90. The summed E-state index contributed by atoms with van der Waals surface area (Å²) < 4.78 is 8.81. The van der Waals surface area contributed by atoms with Crippen molar-refractivity contribution in [2.45, 2.75) is 26.8 Å². The number of rotatable bonds is 7. The Balaban J connectivity index is 1.82. The zero-order valence-electron chi connectivity index (χ0n) is 12.1. The highest BCUT2D eigenvalue weighted by atomic mass is 127. The molecule has 0 radical (unpaired) electrons. The highest BCUT2D eigenvalue weighted by Gasteiger charge is 2.02. The van der Waals surface area contributed by atoms with Crippen LogP contribution in [0.1, 0.15) is 20.3 Å². The Morgan fingerprint density at radius 2 is 1.90 bits per heavy atom. The molecule has 4 heteroatoms. The first kappa shape index (κ1) is 15.5. The summed E-state index contributed by atoms with van der Waals surface area (Å²) in [4.78, 5) is 0. The van der Waals surface area contributed by atoms with E-state index < -0.39 is 0 Å². The van der Waals surface area contributed by atoms with Crippen molar-refractivity contribution in [2.75, 3.05) is 13.2 Å². The van der Waals surface area contributed by atoms with Crippen molar-refractivity contribution in [1.29, 1.82) is 0 Å². The molecular weight excluding hydrogens is 363 g/mol. The van der Waals surface area contributed by atoms with Crippen molar-refractivity contribution in [3.05, 3.63) is 40.2 Å². The van der Waals surface area contributed by atoms with Crippen molar-refractivity contribution in [3.8, 4) is 11.1 Å². The van der Waals surface area contributed by atoms with Gasteiger partial charge in [0.2, 0.25) is 0 Å². The van der Waals surface area contributed by atoms with Crippen molar-refractivity contribution in [3.63, 3.8) is 0 Å². The molecule has 0 unspecified atom stereocenters. The SMILES string of the molecule is CC(C)CCOCCn1cc(-c2ccc(I)cc2)cn1. The maximum Gasteiger partial charge on any atom is 0.0662 e. The fourth-order valence-electron chi connectivity index (χ4n) is 1.86. The summed E-state index contributed by atoms with van der Waals surface area (Å²) in [6.45, 7) is 6.79. The predicted molar refractivity (Wildman–Crippen MR) is 90.7 cm³/mol. The Bertz CT molecular complexity index is 520. The number of aromatic nitrogens is 2. The summed E-state index contributed by atoms with van der Waals surface area (Å²) in [5.74, 6) is 0.701. The number of hydrogen-bond acceptors (Lipinski definition) is 2. The Labute approximate surface area is 134 Å². The second kappa shape index (κ2) is 7.78. The molecule has 0 fully saturated rings. The third-order valence-electron chi connectivity index (χ3n) is 3.12. The highest BCUT2D eigenvalue weighted by Crippen LogP contribution is 2.19. The first-order valence-corrected chi connectivity index (χ1v) is 8.09. The Hall–Kier alpha value is -0.880. The first-order chi connectivity index (χ1) is 9.65. The average molecular weight is 384 g/mol. The van der Waals surface area contributed by atoms with E-state index in [-0.39, 0.29) is 0 Å². The Morgan fingerprint density at radius 1 is 1.15 bits per heavy atom. The lowest BCUT2D eigenvalue weighted by molar-refractivity contribution is 0.114. The van der Waals surface area contributed by atoms with E-state index in [9.17, 15) is 0 Å². The van der Waals surface area contributed by atoms with Gasteiger partial charge in [-0.2, -0.15) is 5.10 Å². The van der Waals surface area contributed by atoms with Crippen LogP contribution in [0, 0.1) is 9.49 Å². The fourth-order valence-corrected chi connectivity index (χ4v) is 2.22. The quantitative estimate of drug-likeness (QED) is 0.528. The van der Waals surface area contributed by atoms with Gasteiger partial charge in [-0.05, 0) is 52.6 Å². The van der Waals surface area contributed by atoms with Crippen LogP contribution in [-0.2, 0) is 11.3 Å². The van der Waals surface area contributed by atoms with Gasteiger partial charge in [0, 0.05) is 21.9 Å². The van der Waals surface area contributed by atoms with Gasteiger partial charge in [-0.15, -0.1) is 0 Å². The molecule has 0 bridgehead atoms. The van der Waals surface area contributed by atoms with E-state index in [1.54, 1.807) is 0 Å². The zero-order chi connectivity index (χ0) is 14.4. The molecule has 1 aromatic heterocycles. The van der Waals surface area contributed by atoms with Crippen LogP contribution in [0.25, 0.3) is 11.1 Å². The minimum atomic E-state index is 0.701. The lowest BCUT2D eigenvalue weighted by atomic mass is 10.1. The highest BCUT2D eigenvalue weighted by molar-refractivity contribution is 14.1. The summed E-state index contributed by atoms with van der Waals surface area (Å²) in [5.41, 5.74) is 2.36. The standard InChI is InChI=1S/C16H21IN2O/c1-13(2)7-9-20-10-8-19-12-15(11-18-19)14-3-5-16(17)6-4-14/h3-6,11-13H,7-10H2,1-2H3. The molecule has 3 nitrogen and oxygen atoms in total. The molecular formula is C16H21IN2O. The monoisotopic (exact) mass is 384 g/mol. The number of nitrogens with zero attached hydrogens (tertiary/aromatic N) is 2. The number of halogens is 1. The van der Waals surface area contributed by atoms with Crippen LogP contribution in [0.15, 0.2) is 36.7 Å². The second-order valence-corrected chi connectivity index (χ2v) is 6.54. The van der Waals surface area contributed by atoms with Gasteiger partial charge in [-0.3, -0.25) is 4.68 Å². The average Bonchev–Trinajstić information content (AvgIpc) is 2.87. The van der Waals surface area contributed by atoms with Crippen molar-refractivity contribution >= 4 is 22.6 Å². The summed E-state index contributed by atoms with van der Waals surface area (Å²) in [6.07, 6.45) is 5.11. The molecule has 1 aromatic carbocycles. The summed E-state index contributed by atoms with van der Waals surface area (Å²) in [5, 5.41) is 4.38. The lowest BCUT2D eigenvalue weighted by Gasteiger charge is -2.06. The van der Waals surface area contributed by atoms with Crippen molar-refractivity contribution in [2.24, 2.45) is 5.92 Å². The molecule has 0 aliphatic carbocycles. The molecule has 0 aliphatic rings. The van der Waals surface area contributed by atoms with Gasteiger partial charge in [0.1, 0.15) is 0 Å². The lowest BCUT2D eigenvalue weighted by Crippen LogP contribution is -2.08. The molecule has 2 aromatic rings. The molecule has 0 aliphatic heterocycles. The van der Waals surface area contributed by atoms with Gasteiger partial charge < -0.3 is 4.74 Å². The van der Waals surface area contributed by atoms with E-state index in [4.69, 9.17) is 4.74 Å². The Morgan fingerprint density at radius 3 is 2.60 bits per heavy atom. The second-order valence-electron chi connectivity index (χ2n) is 5.29. The van der Waals surface area contributed by atoms with E-state index in [1.807, 2.05) is 10.9 Å². The van der Waals surface area contributed by atoms with Crippen LogP contribution in [-0.4, -0.2) is 23.0 Å². The number of hydrogen-bond donors (Lipinski definition) is 0. The third-order valence-corrected chi connectivity index (χ3v) is 3.83. The minimum absolute atomic E-state index is 0.701. The van der Waals surface area contributed by atoms with E-state index in [0.717, 1.165) is 31.7 Å². The Kier molecular flexibility index (Phi) is 6.04. The van der Waals surface area contributed by atoms with Crippen LogP contribution in [0.4, 0.5) is 0 Å². The molecule has 0 spiro atoms. The topological polar surface area (TPSA) is 27.1 Å². The number of ether oxygens (including phenoxy) is 1. The molecule has 0 atom stereocenters. The molecule has 20 heavy (non-hydrogen) atoms. The minimum Gasteiger partial charge on any atom is -0.380 e. The normalized spacial score (nSPS) is 11.2. The maximum absolute atomic E-state index is 5.62. The molecule has 108 valence electrons. The van der Waals surface area contributed by atoms with E-state index in [1.165, 1.54) is 9.13 Å². The first-order valence-electron chi connectivity index (χ1n) is 7.01. The van der Waals surface area contributed by atoms with Crippen LogP contribution < -0.4 is 0 Å². The van der Waals surface area contributed by atoms with Gasteiger partial charge in [0.05, 0.1) is 19.3 Å². The van der Waals surface area contributed by atoms with Crippen LogP contribution in [0.5, 0.6) is 0 Å². The van der Waals surface area contributed by atoms with Crippen molar-refractivity contribution < 1.29 is 4.74 Å².